The van der Waals surface area contributed by atoms with Crippen LogP contribution in [0.2, 0.25) is 0 Å². The lowest BCUT2D eigenvalue weighted by atomic mass is 10.1. The van der Waals surface area contributed by atoms with Crippen molar-refractivity contribution in [3.63, 3.8) is 0 Å². The number of rotatable bonds is 6. The Hall–Kier alpha value is -2.89. The SMILES string of the molecule is C=CC(=O)N(Cc1cc2n(n1)CCCC2)c1ccc(C(=O)NC2CC2)cc1. The molecule has 6 nitrogen and oxygen atoms in total. The third-order valence-electron chi connectivity index (χ3n) is 5.08. The molecule has 6 heteroatoms. The molecular formula is C21H24N4O2. The third-order valence-corrected chi connectivity index (χ3v) is 5.08. The van der Waals surface area contributed by atoms with E-state index in [1.807, 2.05) is 4.68 Å². The van der Waals surface area contributed by atoms with Crippen LogP contribution in [0.3, 0.4) is 0 Å². The van der Waals surface area contributed by atoms with E-state index in [1.165, 1.54) is 18.2 Å². The molecular weight excluding hydrogens is 340 g/mol. The van der Waals surface area contributed by atoms with Gasteiger partial charge in [0, 0.05) is 29.5 Å². The molecule has 27 heavy (non-hydrogen) atoms. The van der Waals surface area contributed by atoms with Gasteiger partial charge >= 0.3 is 0 Å². The number of hydrogen-bond donors (Lipinski definition) is 1. The van der Waals surface area contributed by atoms with E-state index >= 15 is 0 Å². The van der Waals surface area contributed by atoms with Crippen LogP contribution < -0.4 is 10.2 Å². The van der Waals surface area contributed by atoms with Gasteiger partial charge in [-0.25, -0.2) is 0 Å². The highest BCUT2D eigenvalue weighted by atomic mass is 16.2. The van der Waals surface area contributed by atoms with Crippen LogP contribution in [0.5, 0.6) is 0 Å². The number of hydrogen-bond acceptors (Lipinski definition) is 3. The Labute approximate surface area is 158 Å². The minimum Gasteiger partial charge on any atom is -0.349 e. The Bertz CT molecular complexity index is 841. The molecule has 2 aliphatic rings. The van der Waals surface area contributed by atoms with E-state index in [1.54, 1.807) is 29.2 Å². The molecule has 140 valence electrons. The lowest BCUT2D eigenvalue weighted by molar-refractivity contribution is -0.114. The first-order valence-electron chi connectivity index (χ1n) is 9.54. The van der Waals surface area contributed by atoms with Gasteiger partial charge in [-0.1, -0.05) is 6.58 Å². The van der Waals surface area contributed by atoms with Crippen molar-refractivity contribution in [1.29, 1.82) is 0 Å². The number of amides is 2. The standard InChI is InChI=1S/C21H24N4O2/c1-2-20(26)24(14-17-13-19-5-3-4-12-25(19)23-17)18-10-6-15(7-11-18)21(27)22-16-8-9-16/h2,6-7,10-11,13,16H,1,3-5,8-9,12,14H2,(H,22,27). The van der Waals surface area contributed by atoms with E-state index in [0.717, 1.165) is 43.6 Å². The predicted octanol–water partition coefficient (Wildman–Crippen LogP) is 2.83. The molecule has 1 aromatic heterocycles. The zero-order chi connectivity index (χ0) is 18.8. The van der Waals surface area contributed by atoms with Crippen LogP contribution in [0, 0.1) is 0 Å². The number of benzene rings is 1. The summed E-state index contributed by atoms with van der Waals surface area (Å²) in [7, 11) is 0. The molecule has 0 unspecified atom stereocenters. The summed E-state index contributed by atoms with van der Waals surface area (Å²) in [5.41, 5.74) is 3.44. The van der Waals surface area contributed by atoms with Gasteiger partial charge in [0.15, 0.2) is 0 Å². The Morgan fingerprint density at radius 3 is 2.70 bits per heavy atom. The van der Waals surface area contributed by atoms with Crippen LogP contribution in [-0.4, -0.2) is 27.6 Å². The van der Waals surface area contributed by atoms with E-state index in [2.05, 4.69) is 23.1 Å². The number of aromatic nitrogens is 2. The van der Waals surface area contributed by atoms with Crippen LogP contribution in [0.4, 0.5) is 5.69 Å². The molecule has 1 aliphatic carbocycles. The molecule has 0 bridgehead atoms. The van der Waals surface area contributed by atoms with Crippen molar-refractivity contribution in [1.82, 2.24) is 15.1 Å². The summed E-state index contributed by atoms with van der Waals surface area (Å²) in [5.74, 6) is -0.247. The van der Waals surface area contributed by atoms with E-state index in [0.29, 0.717) is 18.2 Å². The Morgan fingerprint density at radius 2 is 2.04 bits per heavy atom. The van der Waals surface area contributed by atoms with E-state index in [9.17, 15) is 9.59 Å². The van der Waals surface area contributed by atoms with Crippen molar-refractivity contribution in [2.24, 2.45) is 0 Å². The average Bonchev–Trinajstić information content (AvgIpc) is 3.41. The first kappa shape index (κ1) is 17.5. The summed E-state index contributed by atoms with van der Waals surface area (Å²) in [6.07, 6.45) is 6.79. The molecule has 1 saturated carbocycles. The minimum absolute atomic E-state index is 0.0626. The average molecular weight is 364 g/mol. The highest BCUT2D eigenvalue weighted by Gasteiger charge is 2.24. The molecule has 0 radical (unpaired) electrons. The molecule has 0 saturated heterocycles. The van der Waals surface area contributed by atoms with Crippen molar-refractivity contribution < 1.29 is 9.59 Å². The van der Waals surface area contributed by atoms with Gasteiger partial charge in [-0.15, -0.1) is 0 Å². The van der Waals surface area contributed by atoms with Crippen LogP contribution in [-0.2, 0) is 24.3 Å². The first-order valence-corrected chi connectivity index (χ1v) is 9.54. The summed E-state index contributed by atoms with van der Waals surface area (Å²) in [6, 6.07) is 9.53. The molecule has 1 aliphatic heterocycles. The first-order chi connectivity index (χ1) is 13.1. The fraction of sp³-hybridized carbons (Fsp3) is 0.381. The van der Waals surface area contributed by atoms with Crippen molar-refractivity contribution in [2.45, 2.75) is 51.2 Å². The van der Waals surface area contributed by atoms with Gasteiger partial charge in [-0.2, -0.15) is 5.10 Å². The lowest BCUT2D eigenvalue weighted by Gasteiger charge is -2.20. The van der Waals surface area contributed by atoms with Crippen LogP contribution in [0.1, 0.15) is 47.4 Å². The quantitative estimate of drug-likeness (QED) is 0.802. The van der Waals surface area contributed by atoms with Gasteiger partial charge in [0.05, 0.1) is 12.2 Å². The predicted molar refractivity (Wildman–Crippen MR) is 103 cm³/mol. The zero-order valence-corrected chi connectivity index (χ0v) is 15.4. The Morgan fingerprint density at radius 1 is 1.26 bits per heavy atom. The van der Waals surface area contributed by atoms with Crippen LogP contribution >= 0.6 is 0 Å². The second-order valence-corrected chi connectivity index (χ2v) is 7.23. The Kier molecular flexibility index (Phi) is 4.79. The van der Waals surface area contributed by atoms with Crippen LogP contribution in [0.25, 0.3) is 0 Å². The minimum atomic E-state index is -0.184. The molecule has 1 N–H and O–H groups in total. The third kappa shape index (κ3) is 3.94. The largest absolute Gasteiger partial charge is 0.349 e. The fourth-order valence-electron chi connectivity index (χ4n) is 3.41. The van der Waals surface area contributed by atoms with Crippen molar-refractivity contribution in [3.05, 3.63) is 59.9 Å². The number of nitrogens with one attached hydrogen (secondary N) is 1. The molecule has 4 rings (SSSR count). The monoisotopic (exact) mass is 364 g/mol. The molecule has 2 heterocycles. The highest BCUT2D eigenvalue weighted by molar-refractivity contribution is 6.01. The smallest absolute Gasteiger partial charge is 0.251 e. The molecule has 2 aromatic rings. The molecule has 1 aromatic carbocycles. The maximum absolute atomic E-state index is 12.4. The zero-order valence-electron chi connectivity index (χ0n) is 15.4. The molecule has 2 amide bonds. The van der Waals surface area contributed by atoms with E-state index < -0.39 is 0 Å². The summed E-state index contributed by atoms with van der Waals surface area (Å²) < 4.78 is 2.04. The van der Waals surface area contributed by atoms with Gasteiger partial charge in [-0.3, -0.25) is 14.3 Å². The maximum atomic E-state index is 12.4. The molecule has 1 fully saturated rings. The van der Waals surface area contributed by atoms with Gasteiger partial charge in [0.1, 0.15) is 0 Å². The van der Waals surface area contributed by atoms with Crippen molar-refractivity contribution in [3.8, 4) is 0 Å². The Balaban J connectivity index is 1.52. The second kappa shape index (κ2) is 7.39. The maximum Gasteiger partial charge on any atom is 0.251 e. The lowest BCUT2D eigenvalue weighted by Crippen LogP contribution is -2.29. The fourth-order valence-corrected chi connectivity index (χ4v) is 3.41. The van der Waals surface area contributed by atoms with Gasteiger partial charge in [-0.05, 0) is 68.5 Å². The van der Waals surface area contributed by atoms with E-state index in [4.69, 9.17) is 0 Å². The molecule has 0 atom stereocenters. The van der Waals surface area contributed by atoms with Crippen LogP contribution in [0.15, 0.2) is 43.0 Å². The number of fused-ring (bicyclic) bond motifs is 1. The second-order valence-electron chi connectivity index (χ2n) is 7.23. The van der Waals surface area contributed by atoms with Gasteiger partial charge < -0.3 is 10.2 Å². The summed E-state index contributed by atoms with van der Waals surface area (Å²) in [5, 5.41) is 7.61. The highest BCUT2D eigenvalue weighted by Crippen LogP contribution is 2.22. The topological polar surface area (TPSA) is 67.2 Å². The number of carbonyl (C=O) groups is 2. The normalized spacial score (nSPS) is 15.7. The van der Waals surface area contributed by atoms with Crippen molar-refractivity contribution in [2.75, 3.05) is 4.90 Å². The van der Waals surface area contributed by atoms with Gasteiger partial charge in [0.2, 0.25) is 0 Å². The molecule has 0 spiro atoms. The summed E-state index contributed by atoms with van der Waals surface area (Å²) in [4.78, 5) is 26.2. The summed E-state index contributed by atoms with van der Waals surface area (Å²) >= 11 is 0. The number of aryl methyl sites for hydroxylation is 2. The van der Waals surface area contributed by atoms with Gasteiger partial charge in [0.25, 0.3) is 11.8 Å². The number of anilines is 1. The summed E-state index contributed by atoms with van der Waals surface area (Å²) in [6.45, 7) is 4.95. The van der Waals surface area contributed by atoms with Crippen molar-refractivity contribution >= 4 is 17.5 Å². The van der Waals surface area contributed by atoms with E-state index in [-0.39, 0.29) is 11.8 Å². The number of nitrogens with zero attached hydrogens (tertiary/aromatic N) is 3. The number of carbonyl (C=O) groups excluding carboxylic acids is 2.